The van der Waals surface area contributed by atoms with E-state index in [4.69, 9.17) is 4.74 Å². The van der Waals surface area contributed by atoms with Gasteiger partial charge in [0.25, 0.3) is 0 Å². The number of halogens is 1. The van der Waals surface area contributed by atoms with Gasteiger partial charge in [0.05, 0.1) is 0 Å². The Morgan fingerprint density at radius 1 is 1.42 bits per heavy atom. The van der Waals surface area contributed by atoms with Gasteiger partial charge in [0, 0.05) is 31.1 Å². The van der Waals surface area contributed by atoms with Gasteiger partial charge in [-0.2, -0.15) is 0 Å². The molecule has 1 N–H and O–H groups in total. The zero-order valence-electron chi connectivity index (χ0n) is 12.2. The van der Waals surface area contributed by atoms with Crippen LogP contribution in [0.15, 0.2) is 18.2 Å². The Hall–Kier alpha value is -1.13. The van der Waals surface area contributed by atoms with Gasteiger partial charge < -0.3 is 15.0 Å². The van der Waals surface area contributed by atoms with Gasteiger partial charge >= 0.3 is 0 Å². The molecule has 2 rings (SSSR count). The second kappa shape index (κ2) is 5.47. The number of ether oxygens (including phenoxy) is 1. The molecule has 1 aromatic carbocycles. The Kier molecular flexibility index (Phi) is 4.11. The van der Waals surface area contributed by atoms with Crippen LogP contribution >= 0.6 is 0 Å². The van der Waals surface area contributed by atoms with Gasteiger partial charge in [-0.3, -0.25) is 0 Å². The Morgan fingerprint density at radius 2 is 2.16 bits per heavy atom. The molecule has 0 bridgehead atoms. The molecule has 1 aliphatic rings. The highest BCUT2D eigenvalue weighted by Crippen LogP contribution is 2.39. The molecule has 1 aromatic rings. The lowest BCUT2D eigenvalue weighted by molar-refractivity contribution is 0.0655. The van der Waals surface area contributed by atoms with Crippen molar-refractivity contribution < 1.29 is 9.13 Å². The highest BCUT2D eigenvalue weighted by molar-refractivity contribution is 5.39. The molecule has 0 aromatic heterocycles. The Morgan fingerprint density at radius 3 is 2.84 bits per heavy atom. The second-order valence-electron chi connectivity index (χ2n) is 6.06. The van der Waals surface area contributed by atoms with Crippen LogP contribution in [-0.2, 0) is 0 Å². The molecule has 1 heterocycles. The van der Waals surface area contributed by atoms with Crippen LogP contribution in [0.5, 0.6) is 5.75 Å². The van der Waals surface area contributed by atoms with E-state index >= 15 is 0 Å². The van der Waals surface area contributed by atoms with Crippen LogP contribution < -0.4 is 10.1 Å². The number of benzene rings is 1. The minimum absolute atomic E-state index is 0.148. The fourth-order valence-corrected chi connectivity index (χ4v) is 2.47. The number of likely N-dealkylation sites (N-methyl/N-ethyl adjacent to an activating group) is 1. The van der Waals surface area contributed by atoms with Crippen molar-refractivity contribution in [1.82, 2.24) is 10.2 Å². The van der Waals surface area contributed by atoms with E-state index in [0.717, 1.165) is 30.8 Å². The van der Waals surface area contributed by atoms with Crippen LogP contribution in [0.25, 0.3) is 0 Å². The Bertz CT molecular complexity index is 446. The summed E-state index contributed by atoms with van der Waals surface area (Å²) in [5.41, 5.74) is 0.707. The molecule has 0 spiro atoms. The van der Waals surface area contributed by atoms with Gasteiger partial charge in [0.15, 0.2) is 0 Å². The van der Waals surface area contributed by atoms with Crippen molar-refractivity contribution in [2.75, 3.05) is 27.2 Å². The van der Waals surface area contributed by atoms with Gasteiger partial charge in [0.1, 0.15) is 17.2 Å². The van der Waals surface area contributed by atoms with Crippen molar-refractivity contribution in [2.24, 2.45) is 0 Å². The van der Waals surface area contributed by atoms with Crippen molar-refractivity contribution in [3.8, 4) is 5.75 Å². The number of rotatable bonds is 4. The smallest absolute Gasteiger partial charge is 0.125 e. The number of nitrogens with one attached hydrogen (secondary N) is 1. The number of fused-ring (bicyclic) bond motifs is 1. The third-order valence-electron chi connectivity index (χ3n) is 3.38. The molecular formula is C15H23FN2O. The van der Waals surface area contributed by atoms with Gasteiger partial charge in [-0.1, -0.05) is 0 Å². The van der Waals surface area contributed by atoms with E-state index < -0.39 is 0 Å². The third-order valence-corrected chi connectivity index (χ3v) is 3.38. The highest BCUT2D eigenvalue weighted by atomic mass is 19.1. The van der Waals surface area contributed by atoms with Crippen LogP contribution in [0, 0.1) is 5.82 Å². The zero-order chi connectivity index (χ0) is 14.0. The van der Waals surface area contributed by atoms with Crippen LogP contribution in [0.2, 0.25) is 0 Å². The van der Waals surface area contributed by atoms with E-state index in [1.807, 2.05) is 14.1 Å². The summed E-state index contributed by atoms with van der Waals surface area (Å²) in [4.78, 5) is 2.13. The van der Waals surface area contributed by atoms with Crippen molar-refractivity contribution in [2.45, 2.75) is 31.9 Å². The van der Waals surface area contributed by atoms with E-state index in [2.05, 4.69) is 24.1 Å². The fourth-order valence-electron chi connectivity index (χ4n) is 2.47. The van der Waals surface area contributed by atoms with Crippen molar-refractivity contribution >= 4 is 0 Å². The minimum Gasteiger partial charge on any atom is -0.487 e. The largest absolute Gasteiger partial charge is 0.487 e. The van der Waals surface area contributed by atoms with Gasteiger partial charge in [-0.25, -0.2) is 4.39 Å². The molecule has 106 valence electrons. The van der Waals surface area contributed by atoms with Gasteiger partial charge in [-0.15, -0.1) is 0 Å². The lowest BCUT2D eigenvalue weighted by atomic mass is 9.89. The highest BCUT2D eigenvalue weighted by Gasteiger charge is 2.33. The summed E-state index contributed by atoms with van der Waals surface area (Å²) in [5.74, 6) is 0.585. The first kappa shape index (κ1) is 14.3. The average molecular weight is 266 g/mol. The summed E-state index contributed by atoms with van der Waals surface area (Å²) in [6.07, 6.45) is 0.844. The molecule has 0 saturated heterocycles. The topological polar surface area (TPSA) is 24.5 Å². The maximum atomic E-state index is 13.4. The van der Waals surface area contributed by atoms with E-state index in [0.29, 0.717) is 0 Å². The van der Waals surface area contributed by atoms with Crippen LogP contribution in [0.4, 0.5) is 4.39 Å². The van der Waals surface area contributed by atoms with Crippen LogP contribution in [-0.4, -0.2) is 37.7 Å². The first-order chi connectivity index (χ1) is 8.87. The molecule has 4 heteroatoms. The molecular weight excluding hydrogens is 243 g/mol. The molecule has 0 radical (unpaired) electrons. The average Bonchev–Trinajstić information content (AvgIpc) is 2.28. The molecule has 1 atom stereocenters. The van der Waals surface area contributed by atoms with Gasteiger partial charge in [-0.05, 0) is 46.1 Å². The standard InChI is InChI=1S/C15H23FN2O/c1-15(2)10-13(17-7-8-18(3)4)12-9-11(16)5-6-14(12)19-15/h5-6,9,13,17H,7-8,10H2,1-4H3. The predicted octanol–water partition coefficient (Wildman–Crippen LogP) is 2.58. The van der Waals surface area contributed by atoms with E-state index in [1.54, 1.807) is 12.1 Å². The monoisotopic (exact) mass is 266 g/mol. The van der Waals surface area contributed by atoms with Crippen molar-refractivity contribution in [3.05, 3.63) is 29.6 Å². The molecule has 0 aliphatic carbocycles. The van der Waals surface area contributed by atoms with Crippen LogP contribution in [0.1, 0.15) is 31.9 Å². The lowest BCUT2D eigenvalue weighted by Gasteiger charge is -2.38. The Balaban J connectivity index is 2.16. The maximum absolute atomic E-state index is 13.4. The van der Waals surface area contributed by atoms with E-state index in [9.17, 15) is 4.39 Å². The molecule has 0 fully saturated rings. The predicted molar refractivity (Wildman–Crippen MR) is 75.0 cm³/mol. The summed E-state index contributed by atoms with van der Waals surface area (Å²) in [5, 5.41) is 3.50. The summed E-state index contributed by atoms with van der Waals surface area (Å²) >= 11 is 0. The van der Waals surface area contributed by atoms with E-state index in [1.165, 1.54) is 6.07 Å². The fraction of sp³-hybridized carbons (Fsp3) is 0.600. The first-order valence-corrected chi connectivity index (χ1v) is 6.74. The minimum atomic E-state index is -0.222. The van der Waals surface area contributed by atoms with Crippen molar-refractivity contribution in [1.29, 1.82) is 0 Å². The summed E-state index contributed by atoms with van der Waals surface area (Å²) in [7, 11) is 4.09. The third kappa shape index (κ3) is 3.67. The molecule has 0 saturated carbocycles. The van der Waals surface area contributed by atoms with Crippen LogP contribution in [0.3, 0.4) is 0 Å². The zero-order valence-corrected chi connectivity index (χ0v) is 12.2. The number of hydrogen-bond donors (Lipinski definition) is 1. The lowest BCUT2D eigenvalue weighted by Crippen LogP contribution is -2.41. The van der Waals surface area contributed by atoms with Crippen molar-refractivity contribution in [3.63, 3.8) is 0 Å². The maximum Gasteiger partial charge on any atom is 0.125 e. The molecule has 1 aliphatic heterocycles. The quantitative estimate of drug-likeness (QED) is 0.906. The number of nitrogens with zero attached hydrogens (tertiary/aromatic N) is 1. The molecule has 19 heavy (non-hydrogen) atoms. The summed E-state index contributed by atoms with van der Waals surface area (Å²) in [6, 6.07) is 4.91. The summed E-state index contributed by atoms with van der Waals surface area (Å²) in [6.45, 7) is 5.98. The second-order valence-corrected chi connectivity index (χ2v) is 6.06. The molecule has 3 nitrogen and oxygen atoms in total. The summed E-state index contributed by atoms with van der Waals surface area (Å²) < 4.78 is 19.3. The first-order valence-electron chi connectivity index (χ1n) is 6.74. The van der Waals surface area contributed by atoms with E-state index in [-0.39, 0.29) is 17.5 Å². The van der Waals surface area contributed by atoms with Gasteiger partial charge in [0.2, 0.25) is 0 Å². The molecule has 1 unspecified atom stereocenters. The number of hydrogen-bond acceptors (Lipinski definition) is 3. The SMILES string of the molecule is CN(C)CCNC1CC(C)(C)Oc2ccc(F)cc21. The molecule has 0 amide bonds. The normalized spacial score (nSPS) is 21.1. The Labute approximate surface area is 114 Å².